The van der Waals surface area contributed by atoms with Gasteiger partial charge in [-0.15, -0.1) is 0 Å². The van der Waals surface area contributed by atoms with E-state index < -0.39 is 34.1 Å². The van der Waals surface area contributed by atoms with E-state index >= 15 is 0 Å². The first-order valence-corrected chi connectivity index (χ1v) is 10.4. The van der Waals surface area contributed by atoms with Crippen molar-refractivity contribution in [2.75, 3.05) is 5.75 Å². The molecular weight excluding hydrogens is 392 g/mol. The molecule has 4 rings (SSSR count). The molecule has 8 heteroatoms. The van der Waals surface area contributed by atoms with E-state index in [-0.39, 0.29) is 23.9 Å². The second-order valence-electron chi connectivity index (χ2n) is 6.67. The van der Waals surface area contributed by atoms with Gasteiger partial charge >= 0.3 is 11.7 Å². The minimum atomic E-state index is -1.62. The zero-order valence-electron chi connectivity index (χ0n) is 15.4. The van der Waals surface area contributed by atoms with Crippen molar-refractivity contribution < 1.29 is 13.7 Å². The monoisotopic (exact) mass is 410 g/mol. The van der Waals surface area contributed by atoms with Gasteiger partial charge in [-0.25, -0.2) is 9.59 Å². The van der Waals surface area contributed by atoms with Gasteiger partial charge in [-0.05, 0) is 11.1 Å². The van der Waals surface area contributed by atoms with Crippen LogP contribution in [0.5, 0.6) is 0 Å². The van der Waals surface area contributed by atoms with Gasteiger partial charge in [0.25, 0.3) is 5.56 Å². The standard InChI is InChI=1S/C21H18N2O5S/c24-18-11-19-23(21(26)22(18)12-15-7-3-1-4-8-15)17(14-29(19)27)20(25)28-13-16-9-5-2-6-10-16/h1-11,17H,12-14H2. The predicted molar refractivity (Wildman–Crippen MR) is 107 cm³/mol. The minimum Gasteiger partial charge on any atom is -0.459 e. The molecule has 0 saturated carbocycles. The highest BCUT2D eigenvalue weighted by atomic mass is 32.2. The van der Waals surface area contributed by atoms with Gasteiger partial charge in [0.2, 0.25) is 0 Å². The molecule has 2 aromatic carbocycles. The van der Waals surface area contributed by atoms with Gasteiger partial charge in [0.1, 0.15) is 17.7 Å². The number of esters is 1. The summed E-state index contributed by atoms with van der Waals surface area (Å²) in [5.41, 5.74) is 0.372. The summed E-state index contributed by atoms with van der Waals surface area (Å²) >= 11 is 0. The Labute approximate surface area is 168 Å². The van der Waals surface area contributed by atoms with Crippen LogP contribution in [0.3, 0.4) is 0 Å². The average molecular weight is 410 g/mol. The summed E-state index contributed by atoms with van der Waals surface area (Å²) in [5.74, 6) is -0.731. The minimum absolute atomic E-state index is 0.0521. The molecule has 3 aromatic rings. The summed E-state index contributed by atoms with van der Waals surface area (Å²) in [5, 5.41) is 0.0611. The van der Waals surface area contributed by atoms with E-state index in [0.717, 1.165) is 20.3 Å². The summed E-state index contributed by atoms with van der Waals surface area (Å²) < 4.78 is 19.9. The second-order valence-corrected chi connectivity index (χ2v) is 8.11. The molecule has 0 saturated heterocycles. The first-order chi connectivity index (χ1) is 14.0. The Balaban J connectivity index is 1.65. The third-order valence-corrected chi connectivity index (χ3v) is 6.12. The quantitative estimate of drug-likeness (QED) is 0.470. The van der Waals surface area contributed by atoms with Crippen LogP contribution >= 0.6 is 0 Å². The van der Waals surface area contributed by atoms with Crippen molar-refractivity contribution in [1.29, 1.82) is 0 Å². The van der Waals surface area contributed by atoms with E-state index in [1.165, 1.54) is 6.07 Å². The van der Waals surface area contributed by atoms with E-state index in [0.29, 0.717) is 0 Å². The van der Waals surface area contributed by atoms with Crippen molar-refractivity contribution >= 4 is 16.8 Å². The van der Waals surface area contributed by atoms with E-state index in [4.69, 9.17) is 4.74 Å². The fraction of sp³-hybridized carbons (Fsp3) is 0.190. The highest BCUT2D eigenvalue weighted by Crippen LogP contribution is 2.23. The Bertz CT molecular complexity index is 1190. The van der Waals surface area contributed by atoms with Crippen molar-refractivity contribution in [2.45, 2.75) is 24.2 Å². The largest absolute Gasteiger partial charge is 0.459 e. The molecule has 1 aromatic heterocycles. The molecule has 0 amide bonds. The van der Waals surface area contributed by atoms with Crippen molar-refractivity contribution in [3.8, 4) is 0 Å². The number of hydrogen-bond acceptors (Lipinski definition) is 5. The molecule has 0 aliphatic carbocycles. The lowest BCUT2D eigenvalue weighted by Crippen LogP contribution is -2.42. The van der Waals surface area contributed by atoms with E-state index in [1.54, 1.807) is 12.1 Å². The number of carbonyl (C=O) groups is 1. The Hall–Kier alpha value is -3.26. The van der Waals surface area contributed by atoms with Gasteiger partial charge in [0, 0.05) is 6.07 Å². The van der Waals surface area contributed by atoms with Crippen LogP contribution < -0.4 is 11.2 Å². The van der Waals surface area contributed by atoms with E-state index in [2.05, 4.69) is 0 Å². The molecule has 2 atom stereocenters. The zero-order chi connectivity index (χ0) is 20.4. The van der Waals surface area contributed by atoms with Crippen LogP contribution in [-0.2, 0) is 33.5 Å². The maximum atomic E-state index is 13.0. The first-order valence-electron chi connectivity index (χ1n) is 9.04. The normalized spacial score (nSPS) is 17.7. The number of benzene rings is 2. The molecule has 0 bridgehead atoms. The summed E-state index contributed by atoms with van der Waals surface area (Å²) in [6.45, 7) is 0.119. The maximum Gasteiger partial charge on any atom is 0.333 e. The van der Waals surface area contributed by atoms with Crippen LogP contribution in [0.1, 0.15) is 17.2 Å². The van der Waals surface area contributed by atoms with Gasteiger partial charge in [-0.1, -0.05) is 60.7 Å². The van der Waals surface area contributed by atoms with Gasteiger partial charge in [-0.3, -0.25) is 18.1 Å². The van der Waals surface area contributed by atoms with Gasteiger partial charge in [0.15, 0.2) is 0 Å². The number of nitrogens with zero attached hydrogens (tertiary/aromatic N) is 2. The van der Waals surface area contributed by atoms with Crippen molar-refractivity contribution in [3.05, 3.63) is 98.7 Å². The summed E-state index contributed by atoms with van der Waals surface area (Å²) in [6, 6.07) is 18.4. The number of hydrogen-bond donors (Lipinski definition) is 0. The molecule has 29 heavy (non-hydrogen) atoms. The number of ether oxygens (including phenoxy) is 1. The summed E-state index contributed by atoms with van der Waals surface area (Å²) in [4.78, 5) is 38.1. The Morgan fingerprint density at radius 1 is 1.00 bits per heavy atom. The molecule has 0 spiro atoms. The zero-order valence-corrected chi connectivity index (χ0v) is 16.2. The van der Waals surface area contributed by atoms with Crippen molar-refractivity contribution in [3.63, 3.8) is 0 Å². The fourth-order valence-corrected chi connectivity index (χ4v) is 4.65. The van der Waals surface area contributed by atoms with Crippen molar-refractivity contribution in [1.82, 2.24) is 9.13 Å². The lowest BCUT2D eigenvalue weighted by atomic mass is 10.2. The van der Waals surface area contributed by atoms with E-state index in [9.17, 15) is 18.6 Å². The van der Waals surface area contributed by atoms with Crippen molar-refractivity contribution in [2.24, 2.45) is 0 Å². The molecular formula is C21H18N2O5S. The number of aromatic nitrogens is 2. The van der Waals surface area contributed by atoms with Gasteiger partial charge in [0.05, 0.1) is 23.1 Å². The number of carbonyl (C=O) groups excluding carboxylic acids is 1. The Morgan fingerprint density at radius 3 is 2.28 bits per heavy atom. The lowest BCUT2D eigenvalue weighted by Gasteiger charge is -2.14. The number of rotatable bonds is 5. The van der Waals surface area contributed by atoms with Crippen LogP contribution in [0, 0.1) is 0 Å². The highest BCUT2D eigenvalue weighted by molar-refractivity contribution is 7.85. The molecule has 2 heterocycles. The summed E-state index contributed by atoms with van der Waals surface area (Å²) in [7, 11) is -1.62. The summed E-state index contributed by atoms with van der Waals surface area (Å²) in [6.07, 6.45) is 0. The molecule has 0 radical (unpaired) electrons. The molecule has 0 N–H and O–H groups in total. The Morgan fingerprint density at radius 2 is 1.62 bits per heavy atom. The molecule has 2 unspecified atom stereocenters. The Kier molecular flexibility index (Phi) is 5.26. The van der Waals surface area contributed by atoms with Gasteiger partial charge in [-0.2, -0.15) is 0 Å². The molecule has 148 valence electrons. The van der Waals surface area contributed by atoms with Crippen LogP contribution in [0.4, 0.5) is 0 Å². The average Bonchev–Trinajstić information content (AvgIpc) is 3.07. The van der Waals surface area contributed by atoms with Crippen LogP contribution in [0.2, 0.25) is 0 Å². The third-order valence-electron chi connectivity index (χ3n) is 4.72. The second kappa shape index (κ2) is 8.00. The molecule has 1 aliphatic rings. The number of fused-ring (bicyclic) bond motifs is 1. The smallest absolute Gasteiger partial charge is 0.333 e. The fourth-order valence-electron chi connectivity index (χ4n) is 3.25. The molecule has 0 fully saturated rings. The first kappa shape index (κ1) is 19.1. The lowest BCUT2D eigenvalue weighted by molar-refractivity contribution is -0.148. The van der Waals surface area contributed by atoms with Crippen LogP contribution in [0.25, 0.3) is 0 Å². The van der Waals surface area contributed by atoms with Gasteiger partial charge < -0.3 is 4.74 Å². The molecule has 1 aliphatic heterocycles. The molecule has 7 nitrogen and oxygen atoms in total. The van der Waals surface area contributed by atoms with E-state index in [1.807, 2.05) is 48.5 Å². The highest BCUT2D eigenvalue weighted by Gasteiger charge is 2.37. The predicted octanol–water partition coefficient (Wildman–Crippen LogP) is 1.46. The topological polar surface area (TPSA) is 87.4 Å². The van der Waals surface area contributed by atoms with Crippen LogP contribution in [-0.4, -0.2) is 25.1 Å². The SMILES string of the molecule is O=C(OCc1ccccc1)C1CS(=O)c2cc(=O)n(Cc3ccccc3)c(=O)n21. The third kappa shape index (κ3) is 3.84. The van der Waals surface area contributed by atoms with Crippen LogP contribution in [0.15, 0.2) is 81.3 Å². The maximum absolute atomic E-state index is 13.0.